The van der Waals surface area contributed by atoms with Crippen LogP contribution in [0.3, 0.4) is 0 Å². The zero-order chi connectivity index (χ0) is 14.7. The third-order valence-electron chi connectivity index (χ3n) is 3.44. The summed E-state index contributed by atoms with van der Waals surface area (Å²) in [5.74, 6) is -0.170. The lowest BCUT2D eigenvalue weighted by Gasteiger charge is -2.25. The van der Waals surface area contributed by atoms with Crippen molar-refractivity contribution >= 4 is 29.1 Å². The number of anilines is 1. The number of hydrogen-bond donors (Lipinski definition) is 1. The maximum atomic E-state index is 12.3. The summed E-state index contributed by atoms with van der Waals surface area (Å²) >= 11 is 5.81. The van der Waals surface area contributed by atoms with Crippen molar-refractivity contribution in [3.63, 3.8) is 0 Å². The van der Waals surface area contributed by atoms with Gasteiger partial charge in [0.25, 0.3) is 0 Å². The molecule has 1 aliphatic heterocycles. The monoisotopic (exact) mass is 294 g/mol. The van der Waals surface area contributed by atoms with Gasteiger partial charge in [0.15, 0.2) is 0 Å². The van der Waals surface area contributed by atoms with Crippen LogP contribution in [0, 0.1) is 5.92 Å². The Hall–Kier alpha value is -1.55. The lowest BCUT2D eigenvalue weighted by atomic mass is 10.1. The van der Waals surface area contributed by atoms with Crippen molar-refractivity contribution in [2.75, 3.05) is 11.9 Å². The standard InChI is InChI=1S/C15H19ClN2O2/c1-10(2)15(20)18-9-3-4-13(18)14(19)17-12-7-5-11(16)6-8-12/h5-8,10,13H,3-4,9H2,1-2H3,(H,17,19)/t13-/m0/s1. The highest BCUT2D eigenvalue weighted by molar-refractivity contribution is 6.30. The van der Waals surface area contributed by atoms with Gasteiger partial charge in [-0.15, -0.1) is 0 Å². The summed E-state index contributed by atoms with van der Waals surface area (Å²) in [5.41, 5.74) is 0.697. The highest BCUT2D eigenvalue weighted by Crippen LogP contribution is 2.22. The number of rotatable bonds is 3. The normalized spacial score (nSPS) is 18.4. The molecule has 0 saturated carbocycles. The number of carbonyl (C=O) groups excluding carboxylic acids is 2. The lowest BCUT2D eigenvalue weighted by Crippen LogP contribution is -2.44. The van der Waals surface area contributed by atoms with Crippen LogP contribution in [0.1, 0.15) is 26.7 Å². The van der Waals surface area contributed by atoms with Crippen molar-refractivity contribution in [1.82, 2.24) is 4.90 Å². The molecule has 1 N–H and O–H groups in total. The number of benzene rings is 1. The number of likely N-dealkylation sites (tertiary alicyclic amines) is 1. The van der Waals surface area contributed by atoms with Gasteiger partial charge in [0, 0.05) is 23.2 Å². The average Bonchev–Trinajstić information content (AvgIpc) is 2.89. The number of hydrogen-bond acceptors (Lipinski definition) is 2. The predicted octanol–water partition coefficient (Wildman–Crippen LogP) is 2.93. The number of nitrogens with one attached hydrogen (secondary N) is 1. The molecule has 0 spiro atoms. The molecular weight excluding hydrogens is 276 g/mol. The molecule has 5 heteroatoms. The quantitative estimate of drug-likeness (QED) is 0.932. The van der Waals surface area contributed by atoms with Crippen molar-refractivity contribution in [3.05, 3.63) is 29.3 Å². The number of halogens is 1. The van der Waals surface area contributed by atoms with Crippen molar-refractivity contribution in [1.29, 1.82) is 0 Å². The van der Waals surface area contributed by atoms with Gasteiger partial charge in [0.2, 0.25) is 11.8 Å². The number of amides is 2. The second kappa shape index (κ2) is 6.27. The van der Waals surface area contributed by atoms with E-state index in [2.05, 4.69) is 5.32 Å². The van der Waals surface area contributed by atoms with E-state index in [4.69, 9.17) is 11.6 Å². The van der Waals surface area contributed by atoms with Gasteiger partial charge >= 0.3 is 0 Å². The summed E-state index contributed by atoms with van der Waals surface area (Å²) in [5, 5.41) is 3.47. The molecule has 1 heterocycles. The van der Waals surface area contributed by atoms with E-state index < -0.39 is 0 Å². The second-order valence-electron chi connectivity index (χ2n) is 5.34. The Morgan fingerprint density at radius 2 is 1.95 bits per heavy atom. The van der Waals surface area contributed by atoms with Crippen LogP contribution in [0.4, 0.5) is 5.69 Å². The summed E-state index contributed by atoms with van der Waals surface area (Å²) in [4.78, 5) is 26.1. The second-order valence-corrected chi connectivity index (χ2v) is 5.78. The third-order valence-corrected chi connectivity index (χ3v) is 3.70. The fourth-order valence-corrected chi connectivity index (χ4v) is 2.52. The minimum Gasteiger partial charge on any atom is -0.330 e. The summed E-state index contributed by atoms with van der Waals surface area (Å²) < 4.78 is 0. The molecule has 0 unspecified atom stereocenters. The van der Waals surface area contributed by atoms with Crippen molar-refractivity contribution < 1.29 is 9.59 Å². The zero-order valence-corrected chi connectivity index (χ0v) is 12.5. The molecule has 1 aliphatic rings. The van der Waals surface area contributed by atoms with Gasteiger partial charge in [0.1, 0.15) is 6.04 Å². The van der Waals surface area contributed by atoms with Crippen LogP contribution in [-0.2, 0) is 9.59 Å². The first-order valence-corrected chi connectivity index (χ1v) is 7.23. The van der Waals surface area contributed by atoms with Crippen LogP contribution in [0.5, 0.6) is 0 Å². The highest BCUT2D eigenvalue weighted by atomic mass is 35.5. The molecule has 0 radical (unpaired) electrons. The SMILES string of the molecule is CC(C)C(=O)N1CCC[C@H]1C(=O)Nc1ccc(Cl)cc1. The molecule has 2 rings (SSSR count). The lowest BCUT2D eigenvalue weighted by molar-refractivity contribution is -0.139. The Balaban J connectivity index is 2.04. The van der Waals surface area contributed by atoms with Crippen LogP contribution < -0.4 is 5.32 Å². The summed E-state index contributed by atoms with van der Waals surface area (Å²) in [6, 6.07) is 6.60. The van der Waals surface area contributed by atoms with Crippen molar-refractivity contribution in [2.45, 2.75) is 32.7 Å². The predicted molar refractivity (Wildman–Crippen MR) is 79.7 cm³/mol. The van der Waals surface area contributed by atoms with Gasteiger partial charge in [-0.25, -0.2) is 0 Å². The molecule has 1 atom stereocenters. The van der Waals surface area contributed by atoms with E-state index in [-0.39, 0.29) is 23.8 Å². The summed E-state index contributed by atoms with van der Waals surface area (Å²) in [6.45, 7) is 4.37. The van der Waals surface area contributed by atoms with Gasteiger partial charge in [-0.2, -0.15) is 0 Å². The first-order valence-electron chi connectivity index (χ1n) is 6.86. The van der Waals surface area contributed by atoms with E-state index in [1.54, 1.807) is 29.2 Å². The largest absolute Gasteiger partial charge is 0.330 e. The first-order chi connectivity index (χ1) is 9.49. The molecule has 1 saturated heterocycles. The van der Waals surface area contributed by atoms with Crippen LogP contribution in [0.25, 0.3) is 0 Å². The van der Waals surface area contributed by atoms with Gasteiger partial charge < -0.3 is 10.2 Å². The minimum atomic E-state index is -0.361. The van der Waals surface area contributed by atoms with Crippen LogP contribution >= 0.6 is 11.6 Å². The van der Waals surface area contributed by atoms with E-state index in [0.29, 0.717) is 17.3 Å². The first kappa shape index (κ1) is 14.9. The van der Waals surface area contributed by atoms with E-state index in [1.165, 1.54) is 0 Å². The Bertz CT molecular complexity index is 499. The smallest absolute Gasteiger partial charge is 0.247 e. The molecule has 1 aromatic rings. The van der Waals surface area contributed by atoms with Crippen LogP contribution in [0.2, 0.25) is 5.02 Å². The van der Waals surface area contributed by atoms with E-state index in [9.17, 15) is 9.59 Å². The van der Waals surface area contributed by atoms with Crippen LogP contribution in [0.15, 0.2) is 24.3 Å². The Morgan fingerprint density at radius 3 is 2.55 bits per heavy atom. The number of nitrogens with zero attached hydrogens (tertiary/aromatic N) is 1. The Morgan fingerprint density at radius 1 is 1.30 bits per heavy atom. The molecule has 0 aliphatic carbocycles. The molecule has 20 heavy (non-hydrogen) atoms. The summed E-state index contributed by atoms with van der Waals surface area (Å²) in [6.07, 6.45) is 1.59. The third kappa shape index (κ3) is 3.31. The maximum Gasteiger partial charge on any atom is 0.247 e. The Kier molecular flexibility index (Phi) is 4.65. The fourth-order valence-electron chi connectivity index (χ4n) is 2.39. The molecule has 2 amide bonds. The minimum absolute atomic E-state index is 0.0405. The van der Waals surface area contributed by atoms with Crippen molar-refractivity contribution in [3.8, 4) is 0 Å². The van der Waals surface area contributed by atoms with Gasteiger partial charge in [-0.3, -0.25) is 9.59 Å². The highest BCUT2D eigenvalue weighted by Gasteiger charge is 2.34. The topological polar surface area (TPSA) is 49.4 Å². The molecular formula is C15H19ClN2O2. The van der Waals surface area contributed by atoms with Gasteiger partial charge in [-0.1, -0.05) is 25.4 Å². The fraction of sp³-hybridized carbons (Fsp3) is 0.467. The molecule has 0 bridgehead atoms. The van der Waals surface area contributed by atoms with E-state index in [1.807, 2.05) is 13.8 Å². The molecule has 108 valence electrons. The van der Waals surface area contributed by atoms with E-state index >= 15 is 0 Å². The van der Waals surface area contributed by atoms with E-state index in [0.717, 1.165) is 12.8 Å². The number of carbonyl (C=O) groups is 2. The molecule has 4 nitrogen and oxygen atoms in total. The van der Waals surface area contributed by atoms with Gasteiger partial charge in [0.05, 0.1) is 0 Å². The maximum absolute atomic E-state index is 12.3. The average molecular weight is 295 g/mol. The molecule has 1 aromatic carbocycles. The van der Waals surface area contributed by atoms with Crippen LogP contribution in [-0.4, -0.2) is 29.3 Å². The molecule has 1 fully saturated rings. The van der Waals surface area contributed by atoms with Crippen molar-refractivity contribution in [2.24, 2.45) is 5.92 Å². The van der Waals surface area contributed by atoms with Gasteiger partial charge in [-0.05, 0) is 37.1 Å². The Labute approximate surface area is 124 Å². The molecule has 0 aromatic heterocycles. The zero-order valence-electron chi connectivity index (χ0n) is 11.7. The summed E-state index contributed by atoms with van der Waals surface area (Å²) in [7, 11) is 0.